The van der Waals surface area contributed by atoms with Crippen LogP contribution in [0.1, 0.15) is 62.7 Å². The minimum atomic E-state index is 0.297. The first-order valence-electron chi connectivity index (χ1n) is 14.2. The zero-order chi connectivity index (χ0) is 26.0. The molecule has 0 radical (unpaired) electrons. The molecule has 37 heavy (non-hydrogen) atoms. The first-order valence-corrected chi connectivity index (χ1v) is 14.2. The monoisotopic (exact) mass is 502 g/mol. The molecule has 1 aromatic carbocycles. The lowest BCUT2D eigenvalue weighted by Gasteiger charge is -2.39. The Bertz CT molecular complexity index is 1180. The Balaban J connectivity index is 1.34. The van der Waals surface area contributed by atoms with E-state index in [2.05, 4.69) is 90.7 Å². The number of imidazole rings is 1. The van der Waals surface area contributed by atoms with Gasteiger partial charge in [-0.25, -0.2) is 4.98 Å². The minimum Gasteiger partial charge on any atom is -0.327 e. The molecule has 1 aliphatic carbocycles. The topological polar surface area (TPSA) is 40.4 Å². The van der Waals surface area contributed by atoms with Crippen molar-refractivity contribution in [2.45, 2.75) is 65.1 Å². The Kier molecular flexibility index (Phi) is 7.99. The average molecular weight is 503 g/mol. The second-order valence-electron chi connectivity index (χ2n) is 12.6. The van der Waals surface area contributed by atoms with Crippen LogP contribution in [0.5, 0.6) is 0 Å². The Hall–Kier alpha value is -2.28. The molecule has 0 spiro atoms. The number of pyridine rings is 1. The largest absolute Gasteiger partial charge is 0.327 e. The predicted octanol–water partition coefficient (Wildman–Crippen LogP) is 5.24. The number of likely N-dealkylation sites (tertiary alicyclic amines) is 1. The molecule has 0 saturated carbocycles. The highest BCUT2D eigenvalue weighted by Crippen LogP contribution is 2.33. The van der Waals surface area contributed by atoms with Gasteiger partial charge in [0.2, 0.25) is 0 Å². The molecule has 5 rings (SSSR count). The molecule has 6 nitrogen and oxygen atoms in total. The van der Waals surface area contributed by atoms with Crippen molar-refractivity contribution < 1.29 is 0 Å². The fourth-order valence-electron chi connectivity index (χ4n) is 7.01. The van der Waals surface area contributed by atoms with Gasteiger partial charge in [-0.1, -0.05) is 32.0 Å². The van der Waals surface area contributed by atoms with E-state index >= 15 is 0 Å². The molecule has 2 atom stereocenters. The van der Waals surface area contributed by atoms with E-state index in [1.54, 1.807) is 0 Å². The Labute approximate surface area is 223 Å². The Morgan fingerprint density at radius 1 is 1.03 bits per heavy atom. The summed E-state index contributed by atoms with van der Waals surface area (Å²) < 4.78 is 2.53. The third kappa shape index (κ3) is 6.24. The number of para-hydroxylation sites is 2. The number of benzene rings is 1. The van der Waals surface area contributed by atoms with Crippen molar-refractivity contribution in [1.82, 2.24) is 29.2 Å². The number of piperidine rings is 1. The highest BCUT2D eigenvalue weighted by atomic mass is 15.2. The summed E-state index contributed by atoms with van der Waals surface area (Å²) in [5, 5.41) is 0. The highest BCUT2D eigenvalue weighted by Gasteiger charge is 2.29. The number of fused-ring (bicyclic) bond motifs is 2. The fourth-order valence-corrected chi connectivity index (χ4v) is 7.01. The van der Waals surface area contributed by atoms with E-state index in [1.165, 1.54) is 61.4 Å². The van der Waals surface area contributed by atoms with Crippen LogP contribution < -0.4 is 0 Å². The second-order valence-corrected chi connectivity index (χ2v) is 12.6. The molecule has 3 aromatic rings. The number of aromatic nitrogens is 3. The van der Waals surface area contributed by atoms with Crippen LogP contribution in [0.3, 0.4) is 0 Å². The maximum absolute atomic E-state index is 5.16. The van der Waals surface area contributed by atoms with Crippen LogP contribution in [0.2, 0.25) is 0 Å². The van der Waals surface area contributed by atoms with E-state index in [4.69, 9.17) is 9.97 Å². The van der Waals surface area contributed by atoms with Gasteiger partial charge in [-0.3, -0.25) is 9.88 Å². The van der Waals surface area contributed by atoms with Gasteiger partial charge >= 0.3 is 0 Å². The van der Waals surface area contributed by atoms with E-state index < -0.39 is 0 Å². The lowest BCUT2D eigenvalue weighted by atomic mass is 9.89. The van der Waals surface area contributed by atoms with E-state index in [0.29, 0.717) is 17.4 Å². The fraction of sp³-hybridized carbons (Fsp3) is 0.613. The molecule has 2 aromatic heterocycles. The van der Waals surface area contributed by atoms with Crippen molar-refractivity contribution in [3.63, 3.8) is 0 Å². The van der Waals surface area contributed by atoms with Crippen molar-refractivity contribution in [3.05, 3.63) is 59.7 Å². The molecule has 6 heteroatoms. The molecule has 2 aliphatic rings. The van der Waals surface area contributed by atoms with E-state index in [0.717, 1.165) is 38.1 Å². The maximum Gasteiger partial charge on any atom is 0.124 e. The van der Waals surface area contributed by atoms with Gasteiger partial charge in [0, 0.05) is 32.4 Å². The minimum absolute atomic E-state index is 0.297. The number of hydrogen-bond donors (Lipinski definition) is 0. The zero-order valence-corrected chi connectivity index (χ0v) is 23.7. The van der Waals surface area contributed by atoms with E-state index in [9.17, 15) is 0 Å². The van der Waals surface area contributed by atoms with Gasteiger partial charge in [0.05, 0.1) is 29.3 Å². The Morgan fingerprint density at radius 3 is 2.70 bits per heavy atom. The second kappa shape index (κ2) is 11.2. The van der Waals surface area contributed by atoms with Gasteiger partial charge in [0.25, 0.3) is 0 Å². The quantitative estimate of drug-likeness (QED) is 0.400. The van der Waals surface area contributed by atoms with Gasteiger partial charge in [-0.05, 0) is 94.9 Å². The molecule has 1 saturated heterocycles. The zero-order valence-electron chi connectivity index (χ0n) is 23.7. The van der Waals surface area contributed by atoms with Gasteiger partial charge in [-0.2, -0.15) is 0 Å². The molecule has 0 unspecified atom stereocenters. The highest BCUT2D eigenvalue weighted by molar-refractivity contribution is 5.75. The molecule has 0 bridgehead atoms. The summed E-state index contributed by atoms with van der Waals surface area (Å²) in [4.78, 5) is 17.5. The molecule has 200 valence electrons. The SMILES string of the molecule is CN(C)CC(C)(C)CN1CCC[C@H](Cn2c(CN(C)[C@H]3CCCc4cccnc43)nc3ccccc32)C1. The molecule has 1 fully saturated rings. The molecule has 3 heterocycles. The van der Waals surface area contributed by atoms with Crippen LogP contribution in [0.4, 0.5) is 0 Å². The third-order valence-electron chi connectivity index (χ3n) is 8.26. The first kappa shape index (κ1) is 26.3. The lowest BCUT2D eigenvalue weighted by molar-refractivity contribution is 0.0972. The van der Waals surface area contributed by atoms with Crippen molar-refractivity contribution >= 4 is 11.0 Å². The smallest absolute Gasteiger partial charge is 0.124 e. The van der Waals surface area contributed by atoms with Gasteiger partial charge in [-0.15, -0.1) is 0 Å². The summed E-state index contributed by atoms with van der Waals surface area (Å²) in [6.45, 7) is 11.4. The number of rotatable bonds is 9. The molecule has 0 amide bonds. The van der Waals surface area contributed by atoms with Crippen LogP contribution in [0, 0.1) is 11.3 Å². The first-order chi connectivity index (χ1) is 17.8. The van der Waals surface area contributed by atoms with Crippen LogP contribution in [0.15, 0.2) is 42.6 Å². The van der Waals surface area contributed by atoms with Crippen molar-refractivity contribution in [2.24, 2.45) is 11.3 Å². The summed E-state index contributed by atoms with van der Waals surface area (Å²) in [5.41, 5.74) is 5.37. The summed E-state index contributed by atoms with van der Waals surface area (Å²) in [6.07, 6.45) is 8.08. The van der Waals surface area contributed by atoms with Gasteiger partial charge in [0.1, 0.15) is 5.82 Å². The molecule has 1 aliphatic heterocycles. The Morgan fingerprint density at radius 2 is 1.86 bits per heavy atom. The third-order valence-corrected chi connectivity index (χ3v) is 8.26. The normalized spacial score (nSPS) is 21.2. The van der Waals surface area contributed by atoms with Gasteiger partial charge < -0.3 is 14.4 Å². The average Bonchev–Trinajstić information content (AvgIpc) is 3.19. The molecular formula is C31H46N6. The molecule has 0 N–H and O–H groups in total. The van der Waals surface area contributed by atoms with Gasteiger partial charge in [0.15, 0.2) is 0 Å². The van der Waals surface area contributed by atoms with Crippen molar-refractivity contribution in [3.8, 4) is 0 Å². The summed E-state index contributed by atoms with van der Waals surface area (Å²) in [6, 6.07) is 13.4. The maximum atomic E-state index is 5.16. The molecular weight excluding hydrogens is 456 g/mol. The summed E-state index contributed by atoms with van der Waals surface area (Å²) in [5.74, 6) is 1.85. The number of aryl methyl sites for hydroxylation is 1. The van der Waals surface area contributed by atoms with Crippen LogP contribution >= 0.6 is 0 Å². The van der Waals surface area contributed by atoms with Crippen LogP contribution in [-0.4, -0.2) is 76.6 Å². The summed E-state index contributed by atoms with van der Waals surface area (Å²) in [7, 11) is 6.63. The lowest BCUT2D eigenvalue weighted by Crippen LogP contribution is -2.45. The number of nitrogens with zero attached hydrogens (tertiary/aromatic N) is 6. The van der Waals surface area contributed by atoms with Crippen molar-refractivity contribution in [1.29, 1.82) is 0 Å². The van der Waals surface area contributed by atoms with E-state index in [1.807, 2.05) is 6.20 Å². The predicted molar refractivity (Wildman–Crippen MR) is 153 cm³/mol. The van der Waals surface area contributed by atoms with Crippen molar-refractivity contribution in [2.75, 3.05) is 47.3 Å². The van der Waals surface area contributed by atoms with E-state index in [-0.39, 0.29) is 0 Å². The van der Waals surface area contributed by atoms with Crippen LogP contribution in [0.25, 0.3) is 11.0 Å². The summed E-state index contributed by atoms with van der Waals surface area (Å²) >= 11 is 0. The van der Waals surface area contributed by atoms with Crippen LogP contribution in [-0.2, 0) is 19.5 Å². The number of hydrogen-bond acceptors (Lipinski definition) is 5. The standard InChI is InChI=1S/C31H46N6/c1-31(2,22-34(3)4)23-36-18-10-11-24(19-36)20-37-27-15-7-6-14-26(27)33-29(37)21-35(5)28-16-8-12-25-13-9-17-32-30(25)28/h6-7,9,13-15,17,24,28H,8,10-12,16,18-23H2,1-5H3/t24-,28-/m0/s1.